The topological polar surface area (TPSA) is 26.0 Å². The smallest absolute Gasteiger partial charge is 0.0328 e. The summed E-state index contributed by atoms with van der Waals surface area (Å²) in [5, 5.41) is 0. The molecule has 0 aromatic heterocycles. The van der Waals surface area contributed by atoms with Gasteiger partial charge in [0.1, 0.15) is 0 Å². The molecule has 2 N–H and O–H groups in total. The lowest BCUT2D eigenvalue weighted by Gasteiger charge is -2.13. The second-order valence-electron chi connectivity index (χ2n) is 4.74. The van der Waals surface area contributed by atoms with E-state index in [2.05, 4.69) is 38.1 Å². The first-order chi connectivity index (χ1) is 6.11. The van der Waals surface area contributed by atoms with Gasteiger partial charge in [0, 0.05) is 6.04 Å². The Balaban J connectivity index is 2.12. The number of benzene rings is 1. The predicted octanol–water partition coefficient (Wildman–Crippen LogP) is 2.73. The molecule has 1 aliphatic rings. The van der Waals surface area contributed by atoms with Gasteiger partial charge in [-0.15, -0.1) is 0 Å². The summed E-state index contributed by atoms with van der Waals surface area (Å²) in [5.74, 6) is 0.676. The van der Waals surface area contributed by atoms with E-state index in [9.17, 15) is 0 Å². The van der Waals surface area contributed by atoms with Gasteiger partial charge in [0.05, 0.1) is 0 Å². The van der Waals surface area contributed by atoms with Crippen molar-refractivity contribution in [2.75, 3.05) is 0 Å². The number of hydrogen-bond donors (Lipinski definition) is 1. The van der Waals surface area contributed by atoms with Crippen LogP contribution in [0.2, 0.25) is 0 Å². The lowest BCUT2D eigenvalue weighted by Crippen LogP contribution is -2.15. The molecule has 1 aromatic carbocycles. The largest absolute Gasteiger partial charge is 0.324 e. The average molecular weight is 175 g/mol. The van der Waals surface area contributed by atoms with Crippen LogP contribution in [-0.2, 0) is 0 Å². The molecule has 0 bridgehead atoms. The van der Waals surface area contributed by atoms with Crippen LogP contribution >= 0.6 is 0 Å². The predicted molar refractivity (Wildman–Crippen MR) is 55.3 cm³/mol. The zero-order valence-corrected chi connectivity index (χ0v) is 8.33. The maximum atomic E-state index is 6.18. The molecule has 1 saturated carbocycles. The normalized spacial score (nSPS) is 26.8. The lowest BCUT2D eigenvalue weighted by atomic mass is 9.98. The van der Waals surface area contributed by atoms with Gasteiger partial charge in [-0.05, 0) is 23.3 Å². The first-order valence-corrected chi connectivity index (χ1v) is 4.92. The maximum absolute atomic E-state index is 6.18. The van der Waals surface area contributed by atoms with Gasteiger partial charge >= 0.3 is 0 Å². The van der Waals surface area contributed by atoms with Crippen molar-refractivity contribution >= 4 is 0 Å². The Bertz CT molecular complexity index is 289. The molecule has 1 aliphatic carbocycles. The summed E-state index contributed by atoms with van der Waals surface area (Å²) in [7, 11) is 0. The minimum atomic E-state index is 0.233. The van der Waals surface area contributed by atoms with Crippen molar-refractivity contribution in [1.29, 1.82) is 0 Å². The highest BCUT2D eigenvalue weighted by Gasteiger charge is 2.49. The molecular weight excluding hydrogens is 158 g/mol. The molecule has 13 heavy (non-hydrogen) atoms. The van der Waals surface area contributed by atoms with Crippen molar-refractivity contribution in [3.63, 3.8) is 0 Å². The minimum absolute atomic E-state index is 0.233. The molecule has 1 aromatic rings. The first kappa shape index (κ1) is 8.76. The van der Waals surface area contributed by atoms with Crippen molar-refractivity contribution in [3.8, 4) is 0 Å². The van der Waals surface area contributed by atoms with Crippen LogP contribution in [-0.4, -0.2) is 0 Å². The summed E-state index contributed by atoms with van der Waals surface area (Å²) in [6.45, 7) is 4.58. The van der Waals surface area contributed by atoms with Crippen LogP contribution in [0.25, 0.3) is 0 Å². The van der Waals surface area contributed by atoms with Crippen molar-refractivity contribution in [2.45, 2.75) is 26.3 Å². The highest BCUT2D eigenvalue weighted by Crippen LogP contribution is 2.56. The molecule has 1 nitrogen and oxygen atoms in total. The highest BCUT2D eigenvalue weighted by atomic mass is 14.7. The lowest BCUT2D eigenvalue weighted by molar-refractivity contribution is 0.491. The fourth-order valence-corrected chi connectivity index (χ4v) is 2.03. The second-order valence-corrected chi connectivity index (χ2v) is 4.74. The van der Waals surface area contributed by atoms with Crippen LogP contribution in [0.3, 0.4) is 0 Å². The molecular formula is C12H17N. The van der Waals surface area contributed by atoms with Crippen LogP contribution in [0.5, 0.6) is 0 Å². The third-order valence-electron chi connectivity index (χ3n) is 3.21. The fraction of sp³-hybridized carbons (Fsp3) is 0.500. The summed E-state index contributed by atoms with van der Waals surface area (Å²) < 4.78 is 0. The van der Waals surface area contributed by atoms with Gasteiger partial charge in [0.15, 0.2) is 0 Å². The highest BCUT2D eigenvalue weighted by molar-refractivity contribution is 5.22. The first-order valence-electron chi connectivity index (χ1n) is 4.92. The summed E-state index contributed by atoms with van der Waals surface area (Å²) in [6, 6.07) is 10.6. The van der Waals surface area contributed by atoms with E-state index in [4.69, 9.17) is 5.73 Å². The van der Waals surface area contributed by atoms with E-state index in [0.29, 0.717) is 11.3 Å². The molecule has 0 heterocycles. The summed E-state index contributed by atoms with van der Waals surface area (Å²) >= 11 is 0. The molecule has 1 heteroatoms. The number of hydrogen-bond acceptors (Lipinski definition) is 1. The van der Waals surface area contributed by atoms with Crippen molar-refractivity contribution in [2.24, 2.45) is 17.1 Å². The summed E-state index contributed by atoms with van der Waals surface area (Å²) in [4.78, 5) is 0. The van der Waals surface area contributed by atoms with E-state index in [-0.39, 0.29) is 6.04 Å². The van der Waals surface area contributed by atoms with Crippen LogP contribution in [0.1, 0.15) is 31.9 Å². The molecule has 70 valence electrons. The molecule has 0 saturated heterocycles. The summed E-state index contributed by atoms with van der Waals surface area (Å²) in [6.07, 6.45) is 1.27. The van der Waals surface area contributed by atoms with E-state index < -0.39 is 0 Å². The van der Waals surface area contributed by atoms with Gasteiger partial charge in [-0.25, -0.2) is 0 Å². The molecule has 1 fully saturated rings. The molecule has 2 rings (SSSR count). The maximum Gasteiger partial charge on any atom is 0.0328 e. The van der Waals surface area contributed by atoms with Gasteiger partial charge in [0.25, 0.3) is 0 Å². The Hall–Kier alpha value is -0.820. The SMILES string of the molecule is CC1(C)C[C@@H]1[C@H](N)c1ccccc1. The molecule has 0 radical (unpaired) electrons. The van der Waals surface area contributed by atoms with Gasteiger partial charge in [-0.2, -0.15) is 0 Å². The number of nitrogens with two attached hydrogens (primary N) is 1. The molecule has 2 atom stereocenters. The standard InChI is InChI=1S/C12H17N/c1-12(2)8-10(12)11(13)9-6-4-3-5-7-9/h3-7,10-11H,8,13H2,1-2H3/t10-,11-/m1/s1. The quantitative estimate of drug-likeness (QED) is 0.734. The van der Waals surface area contributed by atoms with E-state index in [1.54, 1.807) is 0 Å². The van der Waals surface area contributed by atoms with E-state index >= 15 is 0 Å². The molecule has 0 unspecified atom stereocenters. The van der Waals surface area contributed by atoms with Crippen LogP contribution in [0.15, 0.2) is 30.3 Å². The Kier molecular flexibility index (Phi) is 1.92. The number of rotatable bonds is 2. The Morgan fingerprint density at radius 3 is 2.31 bits per heavy atom. The van der Waals surface area contributed by atoms with Gasteiger partial charge in [0.2, 0.25) is 0 Å². The average Bonchev–Trinajstić information content (AvgIpc) is 2.76. The van der Waals surface area contributed by atoms with E-state index in [1.807, 2.05) is 6.07 Å². The summed E-state index contributed by atoms with van der Waals surface area (Å²) in [5.41, 5.74) is 7.92. The van der Waals surface area contributed by atoms with Crippen LogP contribution in [0, 0.1) is 11.3 Å². The Morgan fingerprint density at radius 1 is 1.31 bits per heavy atom. The van der Waals surface area contributed by atoms with Crippen LogP contribution < -0.4 is 5.73 Å². The zero-order chi connectivity index (χ0) is 9.47. The molecule has 0 spiro atoms. The van der Waals surface area contributed by atoms with Gasteiger partial charge in [-0.1, -0.05) is 44.2 Å². The third-order valence-corrected chi connectivity index (χ3v) is 3.21. The van der Waals surface area contributed by atoms with Crippen molar-refractivity contribution in [1.82, 2.24) is 0 Å². The van der Waals surface area contributed by atoms with Gasteiger partial charge in [-0.3, -0.25) is 0 Å². The van der Waals surface area contributed by atoms with Crippen molar-refractivity contribution < 1.29 is 0 Å². The molecule has 0 amide bonds. The zero-order valence-electron chi connectivity index (χ0n) is 8.33. The minimum Gasteiger partial charge on any atom is -0.324 e. The van der Waals surface area contributed by atoms with E-state index in [1.165, 1.54) is 12.0 Å². The fourth-order valence-electron chi connectivity index (χ4n) is 2.03. The van der Waals surface area contributed by atoms with Crippen LogP contribution in [0.4, 0.5) is 0 Å². The monoisotopic (exact) mass is 175 g/mol. The second kappa shape index (κ2) is 2.85. The molecule has 0 aliphatic heterocycles. The Morgan fingerprint density at radius 2 is 1.85 bits per heavy atom. The Labute approximate surface area is 80.0 Å². The third kappa shape index (κ3) is 1.61. The van der Waals surface area contributed by atoms with E-state index in [0.717, 1.165) is 0 Å². The van der Waals surface area contributed by atoms with Crippen molar-refractivity contribution in [3.05, 3.63) is 35.9 Å². The van der Waals surface area contributed by atoms with Gasteiger partial charge < -0.3 is 5.73 Å².